The van der Waals surface area contributed by atoms with Gasteiger partial charge in [-0.25, -0.2) is 4.98 Å². The van der Waals surface area contributed by atoms with Gasteiger partial charge in [0.05, 0.1) is 15.7 Å². The third-order valence-corrected chi connectivity index (χ3v) is 4.08. The van der Waals surface area contributed by atoms with E-state index in [2.05, 4.69) is 17.1 Å². The van der Waals surface area contributed by atoms with Crippen LogP contribution in [0.1, 0.15) is 17.1 Å². The van der Waals surface area contributed by atoms with Crippen molar-refractivity contribution in [3.05, 3.63) is 75.7 Å². The van der Waals surface area contributed by atoms with Crippen molar-refractivity contribution < 1.29 is 0 Å². The maximum absolute atomic E-state index is 6.05. The van der Waals surface area contributed by atoms with Gasteiger partial charge in [0.15, 0.2) is 0 Å². The molecule has 1 heterocycles. The maximum Gasteiger partial charge on any atom is 0.111 e. The molecule has 1 aromatic heterocycles. The molecule has 0 aliphatic heterocycles. The highest BCUT2D eigenvalue weighted by molar-refractivity contribution is 6.42. The molecule has 3 rings (SSSR count). The van der Waals surface area contributed by atoms with Crippen molar-refractivity contribution in [2.24, 2.45) is 0 Å². The van der Waals surface area contributed by atoms with Gasteiger partial charge < -0.3 is 4.98 Å². The molecule has 2 aromatic carbocycles. The number of H-pyrrole nitrogens is 1. The van der Waals surface area contributed by atoms with E-state index in [0.29, 0.717) is 16.5 Å². The van der Waals surface area contributed by atoms with Crippen molar-refractivity contribution in [1.82, 2.24) is 9.97 Å². The first-order valence-electron chi connectivity index (χ1n) is 6.68. The fourth-order valence-corrected chi connectivity index (χ4v) is 2.65. The van der Waals surface area contributed by atoms with Crippen LogP contribution in [0.3, 0.4) is 0 Å². The summed E-state index contributed by atoms with van der Waals surface area (Å²) in [5, 5.41) is 1.14. The number of aromatic nitrogens is 2. The maximum atomic E-state index is 6.05. The molecular formula is C17H14Cl2N2. The quantitative estimate of drug-likeness (QED) is 0.699. The van der Waals surface area contributed by atoms with Gasteiger partial charge in [-0.15, -0.1) is 0 Å². The van der Waals surface area contributed by atoms with Crippen molar-refractivity contribution in [1.29, 1.82) is 0 Å². The van der Waals surface area contributed by atoms with Gasteiger partial charge >= 0.3 is 0 Å². The van der Waals surface area contributed by atoms with E-state index < -0.39 is 0 Å². The van der Waals surface area contributed by atoms with Crippen LogP contribution in [0.5, 0.6) is 0 Å². The monoisotopic (exact) mass is 316 g/mol. The normalized spacial score (nSPS) is 10.8. The first-order chi connectivity index (χ1) is 10.1. The fourth-order valence-electron chi connectivity index (χ4n) is 2.33. The predicted molar refractivity (Wildman–Crippen MR) is 88.0 cm³/mol. The van der Waals surface area contributed by atoms with Gasteiger partial charge in [-0.1, -0.05) is 59.6 Å². The predicted octanol–water partition coefficient (Wildman–Crippen LogP) is 5.28. The second-order valence-electron chi connectivity index (χ2n) is 4.95. The first-order valence-corrected chi connectivity index (χ1v) is 7.44. The molecule has 0 spiro atoms. The number of nitrogens with one attached hydrogen (secondary N) is 1. The minimum atomic E-state index is 0.570. The molecule has 0 fully saturated rings. The molecule has 0 unspecified atom stereocenters. The standard InChI is InChI=1S/C17H14Cl2N2/c1-11-17(13-5-3-2-4-6-13)21-16(20-11)10-12-7-8-14(18)15(19)9-12/h2-9H,10H2,1H3,(H,20,21). The third-order valence-electron chi connectivity index (χ3n) is 3.34. The average molecular weight is 317 g/mol. The molecule has 0 amide bonds. The summed E-state index contributed by atoms with van der Waals surface area (Å²) >= 11 is 12.0. The Morgan fingerprint density at radius 2 is 1.76 bits per heavy atom. The summed E-state index contributed by atoms with van der Waals surface area (Å²) in [7, 11) is 0. The van der Waals surface area contributed by atoms with Crippen molar-refractivity contribution in [3.8, 4) is 11.3 Å². The number of aryl methyl sites for hydroxylation is 1. The van der Waals surface area contributed by atoms with E-state index in [4.69, 9.17) is 28.2 Å². The molecule has 0 saturated heterocycles. The van der Waals surface area contributed by atoms with Gasteiger partial charge in [-0.3, -0.25) is 0 Å². The Morgan fingerprint density at radius 1 is 1.00 bits per heavy atom. The third kappa shape index (κ3) is 3.12. The number of nitrogens with zero attached hydrogens (tertiary/aromatic N) is 1. The van der Waals surface area contributed by atoms with Crippen LogP contribution < -0.4 is 0 Å². The molecule has 0 aliphatic carbocycles. The average Bonchev–Trinajstić information content (AvgIpc) is 2.84. The van der Waals surface area contributed by atoms with Gasteiger partial charge in [0.2, 0.25) is 0 Å². The molecule has 1 N–H and O–H groups in total. The SMILES string of the molecule is Cc1[nH]c(Cc2ccc(Cl)c(Cl)c2)nc1-c1ccccc1. The van der Waals surface area contributed by atoms with Crippen molar-refractivity contribution in [2.45, 2.75) is 13.3 Å². The minimum absolute atomic E-state index is 0.570. The topological polar surface area (TPSA) is 28.7 Å². The van der Waals surface area contributed by atoms with Gasteiger partial charge in [0.25, 0.3) is 0 Å². The number of imidazole rings is 1. The molecule has 0 saturated carbocycles. The van der Waals surface area contributed by atoms with Gasteiger partial charge in [0, 0.05) is 17.7 Å². The zero-order valence-corrected chi connectivity index (χ0v) is 13.0. The first kappa shape index (κ1) is 14.2. The van der Waals surface area contributed by atoms with Crippen molar-refractivity contribution in [2.75, 3.05) is 0 Å². The summed E-state index contributed by atoms with van der Waals surface area (Å²) in [6, 6.07) is 15.8. The van der Waals surface area contributed by atoms with E-state index in [9.17, 15) is 0 Å². The van der Waals surface area contributed by atoms with Crippen LogP contribution in [0, 0.1) is 6.92 Å². The van der Waals surface area contributed by atoms with Crippen LogP contribution >= 0.6 is 23.2 Å². The van der Waals surface area contributed by atoms with Gasteiger partial charge in [-0.2, -0.15) is 0 Å². The van der Waals surface area contributed by atoms with Gasteiger partial charge in [0.1, 0.15) is 5.82 Å². The molecule has 0 bridgehead atoms. The van der Waals surface area contributed by atoms with Crippen molar-refractivity contribution >= 4 is 23.2 Å². The molecular weight excluding hydrogens is 303 g/mol. The Hall–Kier alpha value is -1.77. The fraction of sp³-hybridized carbons (Fsp3) is 0.118. The van der Waals surface area contributed by atoms with Crippen LogP contribution in [-0.4, -0.2) is 9.97 Å². The molecule has 0 atom stereocenters. The summed E-state index contributed by atoms with van der Waals surface area (Å²) in [6.07, 6.45) is 0.699. The van der Waals surface area contributed by atoms with E-state index in [1.54, 1.807) is 0 Å². The summed E-state index contributed by atoms with van der Waals surface area (Å²) in [5.74, 6) is 0.921. The highest BCUT2D eigenvalue weighted by Crippen LogP contribution is 2.25. The van der Waals surface area contributed by atoms with Gasteiger partial charge in [-0.05, 0) is 24.6 Å². The Bertz CT molecular complexity index is 764. The number of halogens is 2. The molecule has 3 aromatic rings. The van der Waals surface area contributed by atoms with Crippen LogP contribution in [0.2, 0.25) is 10.0 Å². The zero-order chi connectivity index (χ0) is 14.8. The molecule has 21 heavy (non-hydrogen) atoms. The van der Waals surface area contributed by atoms with Crippen LogP contribution in [0.4, 0.5) is 0 Å². The lowest BCUT2D eigenvalue weighted by Gasteiger charge is -2.01. The van der Waals surface area contributed by atoms with E-state index in [1.807, 2.05) is 43.3 Å². The van der Waals surface area contributed by atoms with Crippen molar-refractivity contribution in [3.63, 3.8) is 0 Å². The van der Waals surface area contributed by atoms with Crippen LogP contribution in [0.15, 0.2) is 48.5 Å². The number of hydrogen-bond donors (Lipinski definition) is 1. The number of aromatic amines is 1. The Labute approximate surface area is 133 Å². The Kier molecular flexibility index (Phi) is 4.00. The largest absolute Gasteiger partial charge is 0.345 e. The van der Waals surface area contributed by atoms with E-state index in [-0.39, 0.29) is 0 Å². The number of hydrogen-bond acceptors (Lipinski definition) is 1. The lowest BCUT2D eigenvalue weighted by atomic mass is 10.1. The Morgan fingerprint density at radius 3 is 2.48 bits per heavy atom. The zero-order valence-electron chi connectivity index (χ0n) is 11.5. The van der Waals surface area contributed by atoms with E-state index in [1.165, 1.54) is 0 Å². The molecule has 0 aliphatic rings. The smallest absolute Gasteiger partial charge is 0.111 e. The molecule has 4 heteroatoms. The summed E-state index contributed by atoms with van der Waals surface area (Å²) < 4.78 is 0. The van der Waals surface area contributed by atoms with E-state index in [0.717, 1.165) is 28.3 Å². The second kappa shape index (κ2) is 5.92. The molecule has 106 valence electrons. The number of benzene rings is 2. The minimum Gasteiger partial charge on any atom is -0.345 e. The lowest BCUT2D eigenvalue weighted by molar-refractivity contribution is 1.02. The van der Waals surface area contributed by atoms with Crippen LogP contribution in [-0.2, 0) is 6.42 Å². The number of rotatable bonds is 3. The Balaban J connectivity index is 1.89. The summed E-state index contributed by atoms with van der Waals surface area (Å²) in [6.45, 7) is 2.04. The lowest BCUT2D eigenvalue weighted by Crippen LogP contribution is -1.91. The second-order valence-corrected chi connectivity index (χ2v) is 5.76. The summed E-state index contributed by atoms with van der Waals surface area (Å²) in [5.41, 5.74) is 4.26. The van der Waals surface area contributed by atoms with E-state index >= 15 is 0 Å². The highest BCUT2D eigenvalue weighted by Gasteiger charge is 2.09. The molecule has 2 nitrogen and oxygen atoms in total. The van der Waals surface area contributed by atoms with Crippen LogP contribution in [0.25, 0.3) is 11.3 Å². The summed E-state index contributed by atoms with van der Waals surface area (Å²) in [4.78, 5) is 8.03. The highest BCUT2D eigenvalue weighted by atomic mass is 35.5. The molecule has 0 radical (unpaired) electrons.